The van der Waals surface area contributed by atoms with E-state index in [-0.39, 0.29) is 0 Å². The Hall–Kier alpha value is -0.420. The van der Waals surface area contributed by atoms with Gasteiger partial charge in [-0.1, -0.05) is 19.1 Å². The third kappa shape index (κ3) is 4.85. The van der Waals surface area contributed by atoms with Crippen molar-refractivity contribution in [1.29, 1.82) is 0 Å². The van der Waals surface area contributed by atoms with Crippen molar-refractivity contribution in [2.24, 2.45) is 0 Å². The van der Waals surface area contributed by atoms with Crippen LogP contribution in [0.3, 0.4) is 0 Å². The monoisotopic (exact) mass is 420 g/mol. The van der Waals surface area contributed by atoms with Gasteiger partial charge in [0.25, 0.3) is 21.1 Å². The predicted molar refractivity (Wildman–Crippen MR) is 61.7 cm³/mol. The zero-order valence-corrected chi connectivity index (χ0v) is 13.4. The molecule has 1 heterocycles. The third-order valence-electron chi connectivity index (χ3n) is 2.45. The van der Waals surface area contributed by atoms with Crippen LogP contribution in [0.25, 0.3) is 10.1 Å². The Bertz CT molecular complexity index is 552. The molecule has 20 heavy (non-hydrogen) atoms. The molecule has 0 aliphatic heterocycles. The average molecular weight is 420 g/mol. The topological polar surface area (TPSA) is 69.2 Å². The van der Waals surface area contributed by atoms with Gasteiger partial charge >= 0.3 is 5.51 Å². The van der Waals surface area contributed by atoms with Crippen molar-refractivity contribution in [2.45, 2.75) is 25.3 Å². The lowest BCUT2D eigenvalue weighted by Gasteiger charge is -1.98. The lowest BCUT2D eigenvalue weighted by molar-refractivity contribution is -1.73. The van der Waals surface area contributed by atoms with Gasteiger partial charge in [0.1, 0.15) is 0 Å². The van der Waals surface area contributed by atoms with Gasteiger partial charge in [-0.2, -0.15) is 0 Å². The Morgan fingerprint density at radius 2 is 1.70 bits per heavy atom. The number of aryl methyl sites for hydroxylation is 1. The summed E-state index contributed by atoms with van der Waals surface area (Å²) in [6.07, 6.45) is 1.27. The second kappa shape index (κ2) is 7.55. The first kappa shape index (κ1) is 17.6. The van der Waals surface area contributed by atoms with Crippen molar-refractivity contribution in [2.75, 3.05) is 0 Å². The second-order valence-corrected chi connectivity index (χ2v) is 6.96. The molecule has 0 aliphatic carbocycles. The molecule has 8 heteroatoms. The zero-order valence-electron chi connectivity index (χ0n) is 10.4. The smallest absolute Gasteiger partial charge is 0.427 e. The summed E-state index contributed by atoms with van der Waals surface area (Å²) < 4.78 is 65.1. The number of thiophene rings is 1. The van der Waals surface area contributed by atoms with Crippen LogP contribution in [0.2, 0.25) is 0 Å². The van der Waals surface area contributed by atoms with Crippen LogP contribution in [0.4, 0.5) is 13.2 Å². The number of halogens is 4. The summed E-state index contributed by atoms with van der Waals surface area (Å²) in [7, 11) is -1.70. The first-order chi connectivity index (χ1) is 9.27. The molecule has 0 spiro atoms. The Kier molecular flexibility index (Phi) is 6.65. The minimum atomic E-state index is -4.15. The molecule has 0 radical (unpaired) electrons. The van der Waals surface area contributed by atoms with Crippen LogP contribution in [0.15, 0.2) is 30.3 Å². The molecular formula is C12H12F3IO3S. The maximum Gasteiger partial charge on any atom is 0.600 e. The van der Waals surface area contributed by atoms with Crippen LogP contribution in [0, 0.1) is 0 Å². The van der Waals surface area contributed by atoms with Crippen LogP contribution in [-0.4, -0.2) is 0 Å². The standard InChI is InChI=1S/C12H12F3S.IO3/c1-2-5-10-8-9-6-3-4-7-11(9)16(10)12(13,14)15;2-1(3)4/h3-4,6-8H,2,5H2,1H3;/q+1;-1. The van der Waals surface area contributed by atoms with E-state index < -0.39 is 37.0 Å². The molecule has 0 amide bonds. The summed E-state index contributed by atoms with van der Waals surface area (Å²) in [4.78, 5) is 0.524. The molecule has 0 N–H and O–H groups in total. The summed E-state index contributed by atoms with van der Waals surface area (Å²) in [5, 5.41) is 0.728. The van der Waals surface area contributed by atoms with Crippen molar-refractivity contribution < 1.29 is 44.5 Å². The third-order valence-corrected chi connectivity index (χ3v) is 4.57. The van der Waals surface area contributed by atoms with E-state index >= 15 is 0 Å². The molecule has 1 atom stereocenters. The van der Waals surface area contributed by atoms with E-state index in [1.165, 1.54) is 0 Å². The lowest BCUT2D eigenvalue weighted by atomic mass is 10.2. The van der Waals surface area contributed by atoms with E-state index in [4.69, 9.17) is 10.3 Å². The van der Waals surface area contributed by atoms with Crippen LogP contribution < -0.4 is 31.4 Å². The molecule has 112 valence electrons. The molecule has 3 nitrogen and oxygen atoms in total. The van der Waals surface area contributed by atoms with E-state index in [9.17, 15) is 13.2 Å². The summed E-state index contributed by atoms with van der Waals surface area (Å²) >= 11 is -4.01. The summed E-state index contributed by atoms with van der Waals surface area (Å²) in [6, 6.07) is 8.50. The Morgan fingerprint density at radius 1 is 1.15 bits per heavy atom. The van der Waals surface area contributed by atoms with Gasteiger partial charge in [0.15, 0.2) is 9.58 Å². The highest BCUT2D eigenvalue weighted by molar-refractivity contribution is 7.38. The fourth-order valence-electron chi connectivity index (χ4n) is 1.85. The van der Waals surface area contributed by atoms with Gasteiger partial charge in [0.2, 0.25) is 0 Å². The Labute approximate surface area is 125 Å². The molecule has 0 aliphatic rings. The van der Waals surface area contributed by atoms with Gasteiger partial charge in [-0.25, -0.2) is 0 Å². The number of hydrogen-bond acceptors (Lipinski definition) is 3. The minimum Gasteiger partial charge on any atom is -0.427 e. The largest absolute Gasteiger partial charge is 0.600 e. The van der Waals surface area contributed by atoms with Crippen molar-refractivity contribution in [3.63, 3.8) is 0 Å². The van der Waals surface area contributed by atoms with Crippen LogP contribution in [0.1, 0.15) is 18.2 Å². The van der Waals surface area contributed by atoms with Gasteiger partial charge < -0.3 is 10.3 Å². The van der Waals surface area contributed by atoms with E-state index in [1.54, 1.807) is 30.3 Å². The van der Waals surface area contributed by atoms with Gasteiger partial charge in [-0.05, 0) is 18.6 Å². The fourth-order valence-corrected chi connectivity index (χ4v) is 3.91. The van der Waals surface area contributed by atoms with Crippen molar-refractivity contribution in [3.05, 3.63) is 35.2 Å². The predicted octanol–water partition coefficient (Wildman–Crippen LogP) is -1.55. The minimum absolute atomic E-state index is 0.429. The summed E-state index contributed by atoms with van der Waals surface area (Å²) in [6.45, 7) is 1.90. The molecule has 2 aromatic rings. The number of rotatable bonds is 2. The van der Waals surface area contributed by atoms with E-state index in [0.29, 0.717) is 16.0 Å². The lowest BCUT2D eigenvalue weighted by Crippen LogP contribution is -4.05. The quantitative estimate of drug-likeness (QED) is 0.437. The maximum atomic E-state index is 13.0. The Balaban J connectivity index is 0.000000444. The maximum absolute atomic E-state index is 13.0. The van der Waals surface area contributed by atoms with Crippen LogP contribution in [-0.2, 0) is 11.9 Å². The SMILES string of the molecule is CCCc1cc2ccccc2[s+]1C(F)(F)F.[O-][I+2]([O-])[O-]. The number of hydrogen-bond donors (Lipinski definition) is 0. The molecule has 0 saturated heterocycles. The highest BCUT2D eigenvalue weighted by atomic mass is 127. The summed E-state index contributed by atoms with van der Waals surface area (Å²) in [5.74, 6) is 0. The zero-order chi connectivity index (χ0) is 15.3. The number of alkyl halides is 3. The molecule has 0 saturated carbocycles. The van der Waals surface area contributed by atoms with Crippen molar-refractivity contribution in [3.8, 4) is 0 Å². The normalized spacial score (nSPS) is 12.5. The van der Waals surface area contributed by atoms with E-state index in [1.807, 2.05) is 6.92 Å². The first-order valence-corrected chi connectivity index (χ1v) is 9.47. The highest BCUT2D eigenvalue weighted by Crippen LogP contribution is 2.50. The number of fused-ring (bicyclic) bond motifs is 1. The second-order valence-electron chi connectivity index (χ2n) is 3.84. The van der Waals surface area contributed by atoms with Gasteiger partial charge in [-0.3, -0.25) is 0 Å². The molecular weight excluding hydrogens is 408 g/mol. The fraction of sp³-hybridized carbons (Fsp3) is 0.333. The molecule has 0 fully saturated rings. The molecule has 1 unspecified atom stereocenters. The number of benzene rings is 1. The Morgan fingerprint density at radius 3 is 2.20 bits per heavy atom. The first-order valence-electron chi connectivity index (χ1n) is 5.61. The van der Waals surface area contributed by atoms with E-state index in [2.05, 4.69) is 0 Å². The van der Waals surface area contributed by atoms with Crippen LogP contribution in [0.5, 0.6) is 0 Å². The van der Waals surface area contributed by atoms with Gasteiger partial charge in [0.05, 0.1) is 10.5 Å². The van der Waals surface area contributed by atoms with Gasteiger partial charge in [-0.15, -0.1) is 13.2 Å². The van der Waals surface area contributed by atoms with Crippen molar-refractivity contribution in [1.82, 2.24) is 0 Å². The molecule has 1 aromatic carbocycles. The van der Waals surface area contributed by atoms with E-state index in [0.717, 1.165) is 11.8 Å². The average Bonchev–Trinajstić information content (AvgIpc) is 2.66. The van der Waals surface area contributed by atoms with Gasteiger partial charge in [0, 0.05) is 17.9 Å². The molecule has 1 aromatic heterocycles. The highest BCUT2D eigenvalue weighted by Gasteiger charge is 2.47. The molecule has 0 bridgehead atoms. The molecule has 2 rings (SSSR count). The van der Waals surface area contributed by atoms with Crippen LogP contribution >= 0.6 is 10.5 Å². The van der Waals surface area contributed by atoms with Crippen molar-refractivity contribution >= 4 is 20.6 Å². The summed E-state index contributed by atoms with van der Waals surface area (Å²) in [5.41, 5.74) is -4.15.